The number of hydrogen-bond donors (Lipinski definition) is 0. The second kappa shape index (κ2) is 3.34. The molecule has 0 aromatic carbocycles. The van der Waals surface area contributed by atoms with E-state index in [1.165, 1.54) is 7.11 Å². The van der Waals surface area contributed by atoms with E-state index in [1.807, 2.05) is 0 Å². The highest BCUT2D eigenvalue weighted by Crippen LogP contribution is 1.94. The van der Waals surface area contributed by atoms with Crippen molar-refractivity contribution in [3.8, 4) is 0 Å². The molecular weight excluding hydrogens is 155 g/mol. The van der Waals surface area contributed by atoms with Gasteiger partial charge >= 0.3 is 5.97 Å². The molecule has 0 atom stereocenters. The number of ether oxygens (including phenoxy) is 1. The van der Waals surface area contributed by atoms with Gasteiger partial charge in [0.1, 0.15) is 5.82 Å². The summed E-state index contributed by atoms with van der Waals surface area (Å²) in [5.74, 6) is 0.152. The number of methoxy groups -OCH3 is 1. The van der Waals surface area contributed by atoms with Crippen LogP contribution in [0.1, 0.15) is 16.3 Å². The van der Waals surface area contributed by atoms with Crippen molar-refractivity contribution in [3.05, 3.63) is 17.6 Å². The zero-order valence-corrected chi connectivity index (χ0v) is 7.29. The van der Waals surface area contributed by atoms with Crippen molar-refractivity contribution in [1.82, 2.24) is 9.97 Å². The van der Waals surface area contributed by atoms with Gasteiger partial charge in [0.25, 0.3) is 0 Å². The van der Waals surface area contributed by atoms with Gasteiger partial charge in [0.05, 0.1) is 7.11 Å². The Kier molecular flexibility index (Phi) is 2.42. The van der Waals surface area contributed by atoms with E-state index in [2.05, 4.69) is 14.7 Å². The third kappa shape index (κ3) is 1.81. The minimum atomic E-state index is -0.427. The van der Waals surface area contributed by atoms with Crippen LogP contribution >= 0.6 is 0 Å². The third-order valence-corrected chi connectivity index (χ3v) is 1.36. The van der Waals surface area contributed by atoms with E-state index in [0.29, 0.717) is 11.5 Å². The van der Waals surface area contributed by atoms with Crippen molar-refractivity contribution in [2.45, 2.75) is 6.92 Å². The summed E-state index contributed by atoms with van der Waals surface area (Å²) in [5, 5.41) is 0. The fraction of sp³-hybridized carbons (Fsp3) is 0.286. The normalized spacial score (nSPS) is 9.50. The first-order chi connectivity index (χ1) is 5.63. The number of esters is 1. The van der Waals surface area contributed by atoms with Crippen molar-refractivity contribution >= 4 is 19.4 Å². The van der Waals surface area contributed by atoms with Gasteiger partial charge in [-0.1, -0.05) is 0 Å². The summed E-state index contributed by atoms with van der Waals surface area (Å²) < 4.78 is 4.52. The van der Waals surface area contributed by atoms with Crippen LogP contribution in [0.15, 0.2) is 6.07 Å². The molecule has 0 fully saturated rings. The quantitative estimate of drug-likeness (QED) is 0.387. The Morgan fingerprint density at radius 3 is 2.75 bits per heavy atom. The van der Waals surface area contributed by atoms with Crippen LogP contribution < -0.4 is 5.59 Å². The molecule has 12 heavy (non-hydrogen) atoms. The van der Waals surface area contributed by atoms with Gasteiger partial charge in [-0.05, 0) is 18.6 Å². The Morgan fingerprint density at radius 2 is 2.25 bits per heavy atom. The second-order valence-corrected chi connectivity index (χ2v) is 2.43. The Balaban J connectivity index is 3.08. The van der Waals surface area contributed by atoms with E-state index in [-0.39, 0.29) is 0 Å². The monoisotopic (exact) mass is 164 g/mol. The molecule has 0 saturated heterocycles. The number of aryl methyl sites for hydroxylation is 1. The fourth-order valence-corrected chi connectivity index (χ4v) is 0.926. The number of aromatic nitrogens is 2. The summed E-state index contributed by atoms with van der Waals surface area (Å²) in [5.41, 5.74) is 1.07. The first-order valence-corrected chi connectivity index (χ1v) is 3.54. The van der Waals surface area contributed by atoms with Gasteiger partial charge in [0, 0.05) is 0 Å². The average Bonchev–Trinajstić information content (AvgIpc) is 2.01. The second-order valence-electron chi connectivity index (χ2n) is 2.43. The largest absolute Gasteiger partial charge is 0.464 e. The van der Waals surface area contributed by atoms with Crippen LogP contribution in [0.2, 0.25) is 0 Å². The molecule has 0 aliphatic heterocycles. The number of nitrogens with zero attached hydrogens (tertiary/aromatic N) is 2. The predicted octanol–water partition coefficient (Wildman–Crippen LogP) is -1.17. The van der Waals surface area contributed by atoms with E-state index in [4.69, 9.17) is 0 Å². The van der Waals surface area contributed by atoms with Crippen LogP contribution in [0.3, 0.4) is 0 Å². The topological polar surface area (TPSA) is 52.1 Å². The van der Waals surface area contributed by atoms with E-state index < -0.39 is 5.97 Å². The van der Waals surface area contributed by atoms with Crippen LogP contribution in [-0.4, -0.2) is 30.9 Å². The Hall–Kier alpha value is -1.39. The van der Waals surface area contributed by atoms with E-state index in [9.17, 15) is 4.79 Å². The zero-order valence-electron chi connectivity index (χ0n) is 7.29. The summed E-state index contributed by atoms with van der Waals surface area (Å²) >= 11 is 0. The van der Waals surface area contributed by atoms with Crippen molar-refractivity contribution < 1.29 is 9.53 Å². The molecule has 4 nitrogen and oxygen atoms in total. The minimum Gasteiger partial charge on any atom is -0.464 e. The summed E-state index contributed by atoms with van der Waals surface area (Å²) in [6, 6.07) is 1.60. The van der Waals surface area contributed by atoms with Crippen molar-refractivity contribution in [3.63, 3.8) is 0 Å². The molecule has 0 spiro atoms. The lowest BCUT2D eigenvalue weighted by Gasteiger charge is -2.00. The van der Waals surface area contributed by atoms with Gasteiger partial charge in [-0.25, -0.2) is 14.8 Å². The van der Waals surface area contributed by atoms with Gasteiger partial charge < -0.3 is 4.74 Å². The molecular formula is C7H9BN2O2. The smallest absolute Gasteiger partial charge is 0.356 e. The minimum absolute atomic E-state index is 0.308. The first-order valence-electron chi connectivity index (χ1n) is 3.54. The van der Waals surface area contributed by atoms with Crippen molar-refractivity contribution in [1.29, 1.82) is 0 Å². The molecule has 1 heterocycles. The van der Waals surface area contributed by atoms with Crippen LogP contribution in [0.5, 0.6) is 0 Å². The maximum atomic E-state index is 11.0. The van der Waals surface area contributed by atoms with E-state index >= 15 is 0 Å². The third-order valence-electron chi connectivity index (χ3n) is 1.36. The number of hydrogen-bond acceptors (Lipinski definition) is 4. The fourth-order valence-electron chi connectivity index (χ4n) is 0.926. The van der Waals surface area contributed by atoms with Gasteiger partial charge in [0.2, 0.25) is 0 Å². The van der Waals surface area contributed by atoms with Crippen molar-refractivity contribution in [2.24, 2.45) is 0 Å². The molecule has 0 saturated carbocycles. The van der Waals surface area contributed by atoms with Gasteiger partial charge in [0.15, 0.2) is 13.5 Å². The molecule has 1 aromatic heterocycles. The molecule has 0 bridgehead atoms. The molecule has 1 rings (SSSR count). The SMILES string of the molecule is Bc1cc(C(=O)OC)nc(C)n1. The highest BCUT2D eigenvalue weighted by molar-refractivity contribution is 6.30. The Morgan fingerprint density at radius 1 is 1.58 bits per heavy atom. The molecule has 0 unspecified atom stereocenters. The summed E-state index contributed by atoms with van der Waals surface area (Å²) in [7, 11) is 3.14. The number of carbonyl (C=O) groups excluding carboxylic acids is 1. The predicted molar refractivity (Wildman–Crippen MR) is 46.3 cm³/mol. The van der Waals surface area contributed by atoms with Crippen LogP contribution in [0.25, 0.3) is 0 Å². The molecule has 0 amide bonds. The Bertz CT molecular complexity index is 294. The van der Waals surface area contributed by atoms with Crippen molar-refractivity contribution in [2.75, 3.05) is 7.11 Å². The molecule has 0 aliphatic carbocycles. The maximum absolute atomic E-state index is 11.0. The first kappa shape index (κ1) is 8.71. The highest BCUT2D eigenvalue weighted by atomic mass is 16.5. The van der Waals surface area contributed by atoms with Gasteiger partial charge in [-0.15, -0.1) is 0 Å². The summed E-state index contributed by atoms with van der Waals surface area (Å²) in [4.78, 5) is 19.0. The molecule has 0 aliphatic rings. The lowest BCUT2D eigenvalue weighted by Crippen LogP contribution is -2.16. The number of carbonyl (C=O) groups is 1. The molecule has 1 aromatic rings. The van der Waals surface area contributed by atoms with Crippen LogP contribution in [0.4, 0.5) is 0 Å². The molecule has 0 radical (unpaired) electrons. The van der Waals surface area contributed by atoms with E-state index in [0.717, 1.165) is 5.59 Å². The van der Waals surface area contributed by atoms with E-state index in [1.54, 1.807) is 20.8 Å². The average molecular weight is 164 g/mol. The zero-order chi connectivity index (χ0) is 9.14. The molecule has 62 valence electrons. The number of rotatable bonds is 1. The van der Waals surface area contributed by atoms with Crippen LogP contribution in [0, 0.1) is 6.92 Å². The van der Waals surface area contributed by atoms with Crippen LogP contribution in [-0.2, 0) is 4.74 Å². The lowest BCUT2D eigenvalue weighted by atomic mass is 10.0. The van der Waals surface area contributed by atoms with Gasteiger partial charge in [-0.2, -0.15) is 0 Å². The lowest BCUT2D eigenvalue weighted by molar-refractivity contribution is 0.0593. The molecule has 5 heteroatoms. The Labute approximate surface area is 71.4 Å². The summed E-state index contributed by atoms with van der Waals surface area (Å²) in [6.45, 7) is 1.74. The van der Waals surface area contributed by atoms with Gasteiger partial charge in [-0.3, -0.25) is 0 Å². The molecule has 0 N–H and O–H groups in total. The standard InChI is InChI=1S/C7H9BN2O2/c1-4-9-5(7(11)12-2)3-6(8)10-4/h3H,8H2,1-2H3. The summed E-state index contributed by atoms with van der Waals surface area (Å²) in [6.07, 6.45) is 0. The highest BCUT2D eigenvalue weighted by Gasteiger charge is 2.07. The maximum Gasteiger partial charge on any atom is 0.356 e.